The summed E-state index contributed by atoms with van der Waals surface area (Å²) in [6.45, 7) is 9.49. The van der Waals surface area contributed by atoms with E-state index < -0.39 is 5.41 Å². The van der Waals surface area contributed by atoms with Gasteiger partial charge in [-0.2, -0.15) is 0 Å². The highest BCUT2D eigenvalue weighted by atomic mass is 32.1. The van der Waals surface area contributed by atoms with Crippen molar-refractivity contribution < 1.29 is 0 Å². The zero-order valence-electron chi connectivity index (χ0n) is 31.2. The molecule has 0 saturated carbocycles. The zero-order chi connectivity index (χ0) is 36.8. The Bertz CT molecular complexity index is 2810. The lowest BCUT2D eigenvalue weighted by Crippen LogP contribution is -2.36. The van der Waals surface area contributed by atoms with E-state index >= 15 is 0 Å². The molecule has 2 aliphatic heterocycles. The molecule has 4 heterocycles. The molecule has 12 rings (SSSR count). The minimum absolute atomic E-state index is 0.0978. The van der Waals surface area contributed by atoms with E-state index in [1.54, 1.807) is 0 Å². The van der Waals surface area contributed by atoms with Crippen LogP contribution in [0.1, 0.15) is 72.2 Å². The maximum atomic E-state index is 2.58. The van der Waals surface area contributed by atoms with Crippen LogP contribution >= 0.6 is 22.7 Å². The van der Waals surface area contributed by atoms with Gasteiger partial charge in [0.05, 0.1) is 28.2 Å². The van der Waals surface area contributed by atoms with E-state index in [4.69, 9.17) is 0 Å². The van der Waals surface area contributed by atoms with Gasteiger partial charge in [0.2, 0.25) is 0 Å². The molecule has 1 spiro atoms. The molecule has 55 heavy (non-hydrogen) atoms. The van der Waals surface area contributed by atoms with Crippen molar-refractivity contribution in [1.82, 2.24) is 0 Å². The van der Waals surface area contributed by atoms with E-state index in [-0.39, 0.29) is 10.8 Å². The van der Waals surface area contributed by atoms with E-state index in [0.717, 1.165) is 11.4 Å². The Morgan fingerprint density at radius 2 is 0.818 bits per heavy atom. The van der Waals surface area contributed by atoms with Gasteiger partial charge in [-0.1, -0.05) is 107 Å². The largest absolute Gasteiger partial charge is 0.310 e. The molecule has 0 amide bonds. The summed E-state index contributed by atoms with van der Waals surface area (Å²) in [6, 6.07) is 55.3. The summed E-state index contributed by atoms with van der Waals surface area (Å²) in [5, 5.41) is 4.60. The highest BCUT2D eigenvalue weighted by molar-refractivity contribution is 7.21. The third kappa shape index (κ3) is 3.84. The van der Waals surface area contributed by atoms with Crippen LogP contribution in [0.5, 0.6) is 0 Å². The lowest BCUT2D eigenvalue weighted by atomic mass is 9.64. The quantitative estimate of drug-likeness (QED) is 0.174. The Morgan fingerprint density at radius 3 is 1.40 bits per heavy atom. The molecule has 4 heteroatoms. The molecule has 0 bridgehead atoms. The summed E-state index contributed by atoms with van der Waals surface area (Å²) in [7, 11) is 0. The summed E-state index contributed by atoms with van der Waals surface area (Å²) >= 11 is 3.77. The first kappa shape index (κ1) is 31.6. The number of nitrogens with zero attached hydrogens (tertiary/aromatic N) is 2. The first-order valence-corrected chi connectivity index (χ1v) is 21.0. The van der Waals surface area contributed by atoms with Gasteiger partial charge in [0.15, 0.2) is 0 Å². The number of fused-ring (bicyclic) bond motifs is 14. The third-order valence-electron chi connectivity index (χ3n) is 13.2. The Kier molecular flexibility index (Phi) is 6.19. The average Bonchev–Trinajstić information content (AvgIpc) is 3.99. The highest BCUT2D eigenvalue weighted by Gasteiger charge is 2.54. The standard InChI is InChI=1S/C51H38N2S2/c1-49(2)35-14-6-5-13-33(35)34-29-42-46(30-41(34)49)53(45-20-12-9-17-38(45)51(42)39-25-27-54-47(39)48-40(51)26-28-55-48)32-23-21-31(22-24-32)52-43-18-10-7-15-36(43)50(3,4)37-16-8-11-19-44(37)52/h5-30H,1-4H3. The fraction of sp³-hybridized carbons (Fsp3) is 0.137. The molecular weight excluding hydrogens is 705 g/mol. The highest BCUT2D eigenvalue weighted by Crippen LogP contribution is 2.67. The first-order chi connectivity index (χ1) is 26.8. The van der Waals surface area contributed by atoms with Gasteiger partial charge in [0, 0.05) is 32.0 Å². The maximum Gasteiger partial charge on any atom is 0.0771 e. The van der Waals surface area contributed by atoms with E-state index in [2.05, 4.69) is 194 Å². The molecule has 2 aliphatic carbocycles. The Balaban J connectivity index is 1.10. The molecule has 2 aromatic heterocycles. The smallest absolute Gasteiger partial charge is 0.0771 e. The molecule has 0 atom stereocenters. The summed E-state index contributed by atoms with van der Waals surface area (Å²) in [6.07, 6.45) is 0. The fourth-order valence-corrected chi connectivity index (χ4v) is 12.8. The van der Waals surface area contributed by atoms with Crippen molar-refractivity contribution in [3.8, 4) is 20.9 Å². The van der Waals surface area contributed by atoms with Crippen molar-refractivity contribution in [1.29, 1.82) is 0 Å². The van der Waals surface area contributed by atoms with Gasteiger partial charge >= 0.3 is 0 Å². The molecule has 2 nitrogen and oxygen atoms in total. The van der Waals surface area contributed by atoms with Crippen molar-refractivity contribution in [2.24, 2.45) is 0 Å². The minimum Gasteiger partial charge on any atom is -0.310 e. The van der Waals surface area contributed by atoms with Gasteiger partial charge in [-0.3, -0.25) is 0 Å². The van der Waals surface area contributed by atoms with E-state index in [0.29, 0.717) is 0 Å². The van der Waals surface area contributed by atoms with Crippen molar-refractivity contribution >= 4 is 56.8 Å². The molecular formula is C51H38N2S2. The van der Waals surface area contributed by atoms with Gasteiger partial charge in [0.1, 0.15) is 0 Å². The Labute approximate surface area is 330 Å². The van der Waals surface area contributed by atoms with Crippen LogP contribution in [-0.4, -0.2) is 0 Å². The van der Waals surface area contributed by atoms with Crippen LogP contribution in [0, 0.1) is 0 Å². The van der Waals surface area contributed by atoms with Crippen LogP contribution in [-0.2, 0) is 16.2 Å². The normalized spacial score (nSPS) is 16.7. The summed E-state index contributed by atoms with van der Waals surface area (Å²) in [4.78, 5) is 7.83. The van der Waals surface area contributed by atoms with Crippen LogP contribution in [0.3, 0.4) is 0 Å². The molecule has 0 N–H and O–H groups in total. The van der Waals surface area contributed by atoms with E-state index in [1.807, 2.05) is 22.7 Å². The number of thiophene rings is 2. The second kappa shape index (κ2) is 10.8. The number of benzene rings is 6. The summed E-state index contributed by atoms with van der Waals surface area (Å²) in [5.41, 5.74) is 20.4. The molecule has 264 valence electrons. The first-order valence-electron chi connectivity index (χ1n) is 19.3. The predicted octanol–water partition coefficient (Wildman–Crippen LogP) is 14.4. The Morgan fingerprint density at radius 1 is 0.364 bits per heavy atom. The van der Waals surface area contributed by atoms with Crippen molar-refractivity contribution in [3.05, 3.63) is 201 Å². The van der Waals surface area contributed by atoms with Crippen molar-refractivity contribution in [2.45, 2.75) is 43.9 Å². The minimum atomic E-state index is -0.405. The number of rotatable bonds is 2. The van der Waals surface area contributed by atoms with Crippen LogP contribution in [0.2, 0.25) is 0 Å². The number of hydrogen-bond acceptors (Lipinski definition) is 4. The molecule has 0 fully saturated rings. The molecule has 0 unspecified atom stereocenters. The van der Waals surface area contributed by atoms with Gasteiger partial charge < -0.3 is 9.80 Å². The van der Waals surface area contributed by atoms with Crippen LogP contribution in [0.25, 0.3) is 20.9 Å². The molecule has 0 saturated heterocycles. The van der Waals surface area contributed by atoms with Crippen molar-refractivity contribution in [3.63, 3.8) is 0 Å². The topological polar surface area (TPSA) is 6.48 Å². The lowest BCUT2D eigenvalue weighted by molar-refractivity contribution is 0.632. The van der Waals surface area contributed by atoms with Crippen LogP contribution < -0.4 is 9.80 Å². The number of para-hydroxylation sites is 3. The van der Waals surface area contributed by atoms with Gasteiger partial charge in [-0.25, -0.2) is 0 Å². The second-order valence-corrected chi connectivity index (χ2v) is 18.4. The van der Waals surface area contributed by atoms with Crippen molar-refractivity contribution in [2.75, 3.05) is 9.80 Å². The van der Waals surface area contributed by atoms with Crippen LogP contribution in [0.4, 0.5) is 34.1 Å². The summed E-state index contributed by atoms with van der Waals surface area (Å²) < 4.78 is 0. The average molecular weight is 743 g/mol. The molecule has 6 aromatic carbocycles. The lowest BCUT2D eigenvalue weighted by Gasteiger charge is -2.45. The fourth-order valence-electron chi connectivity index (χ4n) is 10.7. The van der Waals surface area contributed by atoms with E-state index in [1.165, 1.54) is 88.1 Å². The van der Waals surface area contributed by atoms with Gasteiger partial charge in [-0.15, -0.1) is 22.7 Å². The summed E-state index contributed by atoms with van der Waals surface area (Å²) in [5.74, 6) is 0. The maximum absolute atomic E-state index is 2.58. The number of anilines is 6. The molecule has 8 aromatic rings. The Hall–Kier alpha value is -5.68. The molecule has 0 radical (unpaired) electrons. The van der Waals surface area contributed by atoms with Gasteiger partial charge in [0.25, 0.3) is 0 Å². The van der Waals surface area contributed by atoms with Crippen LogP contribution in [0.15, 0.2) is 156 Å². The number of hydrogen-bond donors (Lipinski definition) is 0. The predicted molar refractivity (Wildman–Crippen MR) is 232 cm³/mol. The zero-order valence-corrected chi connectivity index (χ0v) is 32.9. The van der Waals surface area contributed by atoms with E-state index in [9.17, 15) is 0 Å². The molecule has 4 aliphatic rings. The monoisotopic (exact) mass is 742 g/mol. The third-order valence-corrected chi connectivity index (χ3v) is 15.2. The van der Waals surface area contributed by atoms with Gasteiger partial charge in [-0.05, 0) is 133 Å². The SMILES string of the molecule is CC1(C)c2ccccc2-c2cc3c(cc21)N(c1ccc(N2c4ccccc4C(C)(C)c4ccccc42)cc1)c1ccccc1C31c2ccsc2-c2sccc21. The second-order valence-electron chi connectivity index (χ2n) is 16.5.